The van der Waals surface area contributed by atoms with Gasteiger partial charge in [0.2, 0.25) is 15.9 Å². The minimum Gasteiger partial charge on any atom is -0.324 e. The molecule has 1 heterocycles. The second-order valence-electron chi connectivity index (χ2n) is 8.06. The van der Waals surface area contributed by atoms with Gasteiger partial charge < -0.3 is 5.32 Å². The Morgan fingerprint density at radius 2 is 1.71 bits per heavy atom. The molecule has 0 aliphatic carbocycles. The number of anilines is 1. The molecular formula is C26H25Br2N5O3S2. The number of nitrogens with zero attached hydrogens (tertiary/aromatic N) is 4. The van der Waals surface area contributed by atoms with Gasteiger partial charge in [0.25, 0.3) is 0 Å². The number of halogens is 2. The van der Waals surface area contributed by atoms with Crippen LogP contribution in [0.2, 0.25) is 0 Å². The zero-order chi connectivity index (χ0) is 27.3. The first-order valence-corrected chi connectivity index (χ1v) is 15.7. The molecule has 1 amide bonds. The fourth-order valence-electron chi connectivity index (χ4n) is 3.78. The number of thioether (sulfide) groups is 1. The van der Waals surface area contributed by atoms with Gasteiger partial charge >= 0.3 is 0 Å². The molecule has 0 aliphatic rings. The van der Waals surface area contributed by atoms with Crippen molar-refractivity contribution in [1.82, 2.24) is 19.1 Å². The van der Waals surface area contributed by atoms with Crippen LogP contribution in [0.25, 0.3) is 17.1 Å². The van der Waals surface area contributed by atoms with Gasteiger partial charge in [0, 0.05) is 33.3 Å². The van der Waals surface area contributed by atoms with Crippen molar-refractivity contribution in [2.75, 3.05) is 24.2 Å². The lowest BCUT2D eigenvalue weighted by atomic mass is 10.2. The van der Waals surface area contributed by atoms with Gasteiger partial charge in [-0.05, 0) is 58.4 Å². The molecule has 8 nitrogen and oxygen atoms in total. The van der Waals surface area contributed by atoms with Crippen LogP contribution in [0.4, 0.5) is 5.69 Å². The Labute approximate surface area is 243 Å². The first-order chi connectivity index (χ1) is 18.2. The fourth-order valence-corrected chi connectivity index (χ4v) is 7.18. The van der Waals surface area contributed by atoms with E-state index in [4.69, 9.17) is 0 Å². The van der Waals surface area contributed by atoms with E-state index >= 15 is 0 Å². The number of rotatable bonds is 10. The molecule has 198 valence electrons. The van der Waals surface area contributed by atoms with Gasteiger partial charge in [-0.15, -0.1) is 10.2 Å². The molecule has 0 unspecified atom stereocenters. The third-order valence-electron chi connectivity index (χ3n) is 5.62. The summed E-state index contributed by atoms with van der Waals surface area (Å²) in [7, 11) is -3.65. The molecule has 0 saturated heterocycles. The minimum absolute atomic E-state index is 0.101. The quantitative estimate of drug-likeness (QED) is 0.200. The van der Waals surface area contributed by atoms with Crippen molar-refractivity contribution in [3.63, 3.8) is 0 Å². The predicted molar refractivity (Wildman–Crippen MR) is 158 cm³/mol. The summed E-state index contributed by atoms with van der Waals surface area (Å²) < 4.78 is 31.2. The van der Waals surface area contributed by atoms with Crippen LogP contribution < -0.4 is 5.32 Å². The Morgan fingerprint density at radius 1 is 0.974 bits per heavy atom. The van der Waals surface area contributed by atoms with E-state index in [9.17, 15) is 13.2 Å². The van der Waals surface area contributed by atoms with Crippen LogP contribution in [0.5, 0.6) is 0 Å². The highest BCUT2D eigenvalue weighted by molar-refractivity contribution is 9.11. The molecule has 12 heteroatoms. The Morgan fingerprint density at radius 3 is 2.39 bits per heavy atom. The summed E-state index contributed by atoms with van der Waals surface area (Å²) in [5.41, 5.74) is 2.06. The number of hydrogen-bond acceptors (Lipinski definition) is 6. The molecule has 4 rings (SSSR count). The smallest absolute Gasteiger partial charge is 0.243 e. The zero-order valence-electron chi connectivity index (χ0n) is 20.6. The lowest BCUT2D eigenvalue weighted by molar-refractivity contribution is -0.113. The fraction of sp³-hybridized carbons (Fsp3) is 0.192. The van der Waals surface area contributed by atoms with Crippen LogP contribution in [0.15, 0.2) is 91.8 Å². The van der Waals surface area contributed by atoms with Crippen LogP contribution in [0, 0.1) is 0 Å². The summed E-state index contributed by atoms with van der Waals surface area (Å²) in [4.78, 5) is 12.9. The first-order valence-electron chi connectivity index (χ1n) is 11.7. The molecule has 0 fully saturated rings. The highest BCUT2D eigenvalue weighted by atomic mass is 79.9. The summed E-state index contributed by atoms with van der Waals surface area (Å²) in [5.74, 6) is 0.380. The van der Waals surface area contributed by atoms with E-state index in [-0.39, 0.29) is 16.6 Å². The zero-order valence-corrected chi connectivity index (χ0v) is 25.4. The van der Waals surface area contributed by atoms with E-state index < -0.39 is 10.0 Å². The van der Waals surface area contributed by atoms with Gasteiger partial charge in [-0.2, -0.15) is 4.31 Å². The molecular weight excluding hydrogens is 654 g/mol. The van der Waals surface area contributed by atoms with Crippen LogP contribution in [-0.2, 0) is 14.8 Å². The summed E-state index contributed by atoms with van der Waals surface area (Å²) in [6.07, 6.45) is 0. The number of carbonyl (C=O) groups excluding carboxylic acids is 1. The van der Waals surface area contributed by atoms with E-state index in [1.165, 1.54) is 16.1 Å². The lowest BCUT2D eigenvalue weighted by Crippen LogP contribution is -2.30. The van der Waals surface area contributed by atoms with E-state index in [1.807, 2.05) is 60.9 Å². The molecule has 0 radical (unpaired) electrons. The van der Waals surface area contributed by atoms with Crippen molar-refractivity contribution in [3.8, 4) is 17.1 Å². The normalized spacial score (nSPS) is 11.6. The third-order valence-corrected chi connectivity index (χ3v) is 9.74. The van der Waals surface area contributed by atoms with Crippen LogP contribution in [0.3, 0.4) is 0 Å². The number of hydrogen-bond donors (Lipinski definition) is 1. The molecule has 1 aromatic heterocycles. The van der Waals surface area contributed by atoms with Gasteiger partial charge in [-0.1, -0.05) is 71.9 Å². The van der Waals surface area contributed by atoms with E-state index in [0.29, 0.717) is 35.3 Å². The Bertz CT molecular complexity index is 1540. The van der Waals surface area contributed by atoms with Gasteiger partial charge in [0.05, 0.1) is 16.3 Å². The molecule has 0 saturated carbocycles. The van der Waals surface area contributed by atoms with Gasteiger partial charge in [-0.3, -0.25) is 9.36 Å². The molecule has 0 aliphatic heterocycles. The van der Waals surface area contributed by atoms with E-state index in [2.05, 4.69) is 47.4 Å². The van der Waals surface area contributed by atoms with Crippen LogP contribution in [0.1, 0.15) is 13.8 Å². The predicted octanol–water partition coefficient (Wildman–Crippen LogP) is 6.22. The average molecular weight is 679 g/mol. The number of sulfonamides is 1. The molecule has 0 bridgehead atoms. The van der Waals surface area contributed by atoms with Crippen molar-refractivity contribution >= 4 is 65.2 Å². The maximum atomic E-state index is 13.1. The molecule has 4 aromatic rings. The molecule has 3 aromatic carbocycles. The monoisotopic (exact) mass is 677 g/mol. The second-order valence-corrected chi connectivity index (χ2v) is 12.7. The van der Waals surface area contributed by atoms with E-state index in [1.54, 1.807) is 30.3 Å². The summed E-state index contributed by atoms with van der Waals surface area (Å²) in [5, 5.41) is 12.2. The minimum atomic E-state index is -3.65. The average Bonchev–Trinajstić information content (AvgIpc) is 3.34. The highest BCUT2D eigenvalue weighted by Crippen LogP contribution is 2.31. The van der Waals surface area contributed by atoms with Crippen molar-refractivity contribution in [2.24, 2.45) is 0 Å². The van der Waals surface area contributed by atoms with Crippen LogP contribution >= 0.6 is 43.6 Å². The maximum Gasteiger partial charge on any atom is 0.243 e. The second kappa shape index (κ2) is 12.6. The van der Waals surface area contributed by atoms with Crippen molar-refractivity contribution in [1.29, 1.82) is 0 Å². The Hall–Kier alpha value is -2.51. The highest BCUT2D eigenvalue weighted by Gasteiger charge is 2.24. The topological polar surface area (TPSA) is 97.2 Å². The van der Waals surface area contributed by atoms with Crippen molar-refractivity contribution in [3.05, 3.63) is 81.7 Å². The summed E-state index contributed by atoms with van der Waals surface area (Å²) >= 11 is 8.10. The number of nitrogens with one attached hydrogen (secondary N) is 1. The molecule has 38 heavy (non-hydrogen) atoms. The first kappa shape index (κ1) is 28.5. The number of carbonyl (C=O) groups is 1. The number of amides is 1. The number of aromatic nitrogens is 3. The van der Waals surface area contributed by atoms with Gasteiger partial charge in [-0.25, -0.2) is 8.42 Å². The van der Waals surface area contributed by atoms with Crippen molar-refractivity contribution < 1.29 is 13.2 Å². The molecule has 0 atom stereocenters. The standard InChI is InChI=1S/C26H25Br2N5O3S2/c1-3-32(4-2)38(35,36)21-12-8-9-18(15-21)25-30-31-26(33(25)20-10-6-5-7-11-20)37-17-24(34)29-23-14-13-19(27)16-22(23)28/h5-16H,3-4,17H2,1-2H3,(H,29,34). The number of benzene rings is 3. The Kier molecular flexibility index (Phi) is 9.42. The largest absolute Gasteiger partial charge is 0.324 e. The Balaban J connectivity index is 1.65. The SMILES string of the molecule is CCN(CC)S(=O)(=O)c1cccc(-c2nnc(SCC(=O)Nc3ccc(Br)cc3Br)n2-c2ccccc2)c1. The van der Waals surface area contributed by atoms with Crippen LogP contribution in [-0.4, -0.2) is 52.2 Å². The molecule has 1 N–H and O–H groups in total. The number of para-hydroxylation sites is 1. The maximum absolute atomic E-state index is 13.1. The van der Waals surface area contributed by atoms with E-state index in [0.717, 1.165) is 14.6 Å². The summed E-state index contributed by atoms with van der Waals surface area (Å²) in [6.45, 7) is 4.38. The van der Waals surface area contributed by atoms with Gasteiger partial charge in [0.15, 0.2) is 11.0 Å². The van der Waals surface area contributed by atoms with Gasteiger partial charge in [0.1, 0.15) is 0 Å². The molecule has 0 spiro atoms. The van der Waals surface area contributed by atoms with Crippen molar-refractivity contribution in [2.45, 2.75) is 23.9 Å². The third kappa shape index (κ3) is 6.37. The lowest BCUT2D eigenvalue weighted by Gasteiger charge is -2.19. The summed E-state index contributed by atoms with van der Waals surface area (Å²) in [6, 6.07) is 21.7.